The van der Waals surface area contributed by atoms with Crippen LogP contribution in [0.15, 0.2) is 48.5 Å². The predicted molar refractivity (Wildman–Crippen MR) is 71.5 cm³/mol. The topological polar surface area (TPSA) is 32.3 Å². The monoisotopic (exact) mass is 227 g/mol. The minimum atomic E-state index is 0.320. The Labute approximate surface area is 102 Å². The third kappa shape index (κ3) is 3.25. The van der Waals surface area contributed by atoms with E-state index in [0.29, 0.717) is 5.75 Å². The van der Waals surface area contributed by atoms with Crippen molar-refractivity contribution < 1.29 is 5.11 Å². The number of phenols is 1. The largest absolute Gasteiger partial charge is 0.508 e. The molecule has 0 amide bonds. The Balaban J connectivity index is 1.88. The normalized spacial score (nSPS) is 10.2. The fourth-order valence-electron chi connectivity index (χ4n) is 1.78. The SMILES string of the molecule is Cc1ccccc1NCCc1ccc(O)cc1. The summed E-state index contributed by atoms with van der Waals surface area (Å²) in [6, 6.07) is 15.6. The second-order valence-electron chi connectivity index (χ2n) is 4.16. The summed E-state index contributed by atoms with van der Waals surface area (Å²) in [6.07, 6.45) is 0.953. The van der Waals surface area contributed by atoms with Gasteiger partial charge in [0.1, 0.15) is 5.75 Å². The lowest BCUT2D eigenvalue weighted by Gasteiger charge is -2.09. The third-order valence-corrected chi connectivity index (χ3v) is 2.81. The highest BCUT2D eigenvalue weighted by molar-refractivity contribution is 5.50. The number of hydrogen-bond donors (Lipinski definition) is 2. The summed E-state index contributed by atoms with van der Waals surface area (Å²) in [5.41, 5.74) is 3.67. The van der Waals surface area contributed by atoms with E-state index in [4.69, 9.17) is 0 Å². The molecule has 0 aliphatic rings. The van der Waals surface area contributed by atoms with E-state index < -0.39 is 0 Å². The van der Waals surface area contributed by atoms with Crippen LogP contribution in [0.3, 0.4) is 0 Å². The number of rotatable bonds is 4. The quantitative estimate of drug-likeness (QED) is 0.839. The first-order valence-corrected chi connectivity index (χ1v) is 5.83. The summed E-state index contributed by atoms with van der Waals surface area (Å²) < 4.78 is 0. The van der Waals surface area contributed by atoms with E-state index >= 15 is 0 Å². The predicted octanol–water partition coefficient (Wildman–Crippen LogP) is 3.36. The van der Waals surface area contributed by atoms with E-state index in [0.717, 1.165) is 13.0 Å². The van der Waals surface area contributed by atoms with Gasteiger partial charge in [0.05, 0.1) is 0 Å². The lowest BCUT2D eigenvalue weighted by molar-refractivity contribution is 0.475. The summed E-state index contributed by atoms with van der Waals surface area (Å²) >= 11 is 0. The molecule has 2 nitrogen and oxygen atoms in total. The fraction of sp³-hybridized carbons (Fsp3) is 0.200. The van der Waals surface area contributed by atoms with Crippen LogP contribution in [0.5, 0.6) is 5.75 Å². The molecule has 0 unspecified atom stereocenters. The number of aryl methyl sites for hydroxylation is 1. The first-order valence-electron chi connectivity index (χ1n) is 5.83. The van der Waals surface area contributed by atoms with E-state index in [1.54, 1.807) is 12.1 Å². The first kappa shape index (κ1) is 11.5. The number of anilines is 1. The van der Waals surface area contributed by atoms with Gasteiger partial charge in [0, 0.05) is 12.2 Å². The van der Waals surface area contributed by atoms with Crippen molar-refractivity contribution in [2.75, 3.05) is 11.9 Å². The van der Waals surface area contributed by atoms with Crippen LogP contribution in [-0.4, -0.2) is 11.7 Å². The highest BCUT2D eigenvalue weighted by atomic mass is 16.3. The Kier molecular flexibility index (Phi) is 3.66. The van der Waals surface area contributed by atoms with Crippen LogP contribution < -0.4 is 5.32 Å². The van der Waals surface area contributed by atoms with Crippen LogP contribution in [0.4, 0.5) is 5.69 Å². The highest BCUT2D eigenvalue weighted by Crippen LogP contribution is 2.14. The molecule has 2 N–H and O–H groups in total. The minimum Gasteiger partial charge on any atom is -0.508 e. The maximum absolute atomic E-state index is 9.18. The van der Waals surface area contributed by atoms with Crippen molar-refractivity contribution in [3.8, 4) is 5.75 Å². The Morgan fingerprint density at radius 1 is 1.00 bits per heavy atom. The molecule has 17 heavy (non-hydrogen) atoms. The zero-order valence-electron chi connectivity index (χ0n) is 9.98. The van der Waals surface area contributed by atoms with Gasteiger partial charge in [-0.05, 0) is 42.7 Å². The lowest BCUT2D eigenvalue weighted by Crippen LogP contribution is -2.05. The summed E-state index contributed by atoms with van der Waals surface area (Å²) in [5, 5.41) is 12.6. The van der Waals surface area contributed by atoms with Gasteiger partial charge >= 0.3 is 0 Å². The molecule has 0 aliphatic carbocycles. The number of hydrogen-bond acceptors (Lipinski definition) is 2. The van der Waals surface area contributed by atoms with Gasteiger partial charge in [0.15, 0.2) is 0 Å². The molecule has 0 spiro atoms. The van der Waals surface area contributed by atoms with E-state index in [9.17, 15) is 5.11 Å². The van der Waals surface area contributed by atoms with Crippen LogP contribution in [0.1, 0.15) is 11.1 Å². The Bertz CT molecular complexity index is 477. The van der Waals surface area contributed by atoms with Gasteiger partial charge in [-0.15, -0.1) is 0 Å². The van der Waals surface area contributed by atoms with Crippen molar-refractivity contribution in [2.45, 2.75) is 13.3 Å². The smallest absolute Gasteiger partial charge is 0.115 e. The Hall–Kier alpha value is -1.96. The summed E-state index contributed by atoms with van der Waals surface area (Å²) in [7, 11) is 0. The molecule has 0 bridgehead atoms. The molecule has 2 aromatic carbocycles. The zero-order chi connectivity index (χ0) is 12.1. The van der Waals surface area contributed by atoms with Crippen molar-refractivity contribution >= 4 is 5.69 Å². The molecule has 0 atom stereocenters. The lowest BCUT2D eigenvalue weighted by atomic mass is 10.1. The van der Waals surface area contributed by atoms with Gasteiger partial charge in [0.2, 0.25) is 0 Å². The number of phenolic OH excluding ortho intramolecular Hbond substituents is 1. The van der Waals surface area contributed by atoms with Crippen LogP contribution in [-0.2, 0) is 6.42 Å². The minimum absolute atomic E-state index is 0.320. The average Bonchev–Trinajstić information content (AvgIpc) is 2.34. The third-order valence-electron chi connectivity index (χ3n) is 2.81. The molecule has 88 valence electrons. The Morgan fingerprint density at radius 2 is 1.71 bits per heavy atom. The van der Waals surface area contributed by atoms with Gasteiger partial charge in [-0.2, -0.15) is 0 Å². The molecule has 2 rings (SSSR count). The molecular weight excluding hydrogens is 210 g/mol. The molecule has 2 heteroatoms. The molecule has 0 aromatic heterocycles. The number of para-hydroxylation sites is 1. The van der Waals surface area contributed by atoms with Crippen LogP contribution >= 0.6 is 0 Å². The van der Waals surface area contributed by atoms with Gasteiger partial charge < -0.3 is 10.4 Å². The standard InChI is InChI=1S/C15H17NO/c1-12-4-2-3-5-15(12)16-11-10-13-6-8-14(17)9-7-13/h2-9,16-17H,10-11H2,1H3. The first-order chi connectivity index (χ1) is 8.25. The van der Waals surface area contributed by atoms with Gasteiger partial charge in [-0.25, -0.2) is 0 Å². The maximum atomic E-state index is 9.18. The molecular formula is C15H17NO. The molecule has 0 saturated carbocycles. The second kappa shape index (κ2) is 5.39. The van der Waals surface area contributed by atoms with Crippen LogP contribution in [0.2, 0.25) is 0 Å². The highest BCUT2D eigenvalue weighted by Gasteiger charge is 1.96. The number of nitrogens with one attached hydrogen (secondary N) is 1. The van der Waals surface area contributed by atoms with E-state index in [1.165, 1.54) is 16.8 Å². The summed E-state index contributed by atoms with van der Waals surface area (Å²) in [6.45, 7) is 3.00. The van der Waals surface area contributed by atoms with Gasteiger partial charge in [0.25, 0.3) is 0 Å². The fourth-order valence-corrected chi connectivity index (χ4v) is 1.78. The summed E-state index contributed by atoms with van der Waals surface area (Å²) in [4.78, 5) is 0. The average molecular weight is 227 g/mol. The molecule has 2 aromatic rings. The maximum Gasteiger partial charge on any atom is 0.115 e. The summed E-state index contributed by atoms with van der Waals surface area (Å²) in [5.74, 6) is 0.320. The molecule has 0 saturated heterocycles. The zero-order valence-corrected chi connectivity index (χ0v) is 9.98. The number of aromatic hydroxyl groups is 1. The van der Waals surface area contributed by atoms with E-state index in [-0.39, 0.29) is 0 Å². The van der Waals surface area contributed by atoms with Crippen molar-refractivity contribution in [1.29, 1.82) is 0 Å². The molecule has 0 aliphatic heterocycles. The van der Waals surface area contributed by atoms with Crippen molar-refractivity contribution in [1.82, 2.24) is 0 Å². The molecule has 0 radical (unpaired) electrons. The number of benzene rings is 2. The van der Waals surface area contributed by atoms with E-state index in [2.05, 4.69) is 24.4 Å². The molecule has 0 heterocycles. The van der Waals surface area contributed by atoms with Crippen molar-refractivity contribution in [2.24, 2.45) is 0 Å². The van der Waals surface area contributed by atoms with Crippen molar-refractivity contribution in [3.63, 3.8) is 0 Å². The van der Waals surface area contributed by atoms with Crippen LogP contribution in [0, 0.1) is 6.92 Å². The van der Waals surface area contributed by atoms with Crippen molar-refractivity contribution in [3.05, 3.63) is 59.7 Å². The molecule has 0 fully saturated rings. The van der Waals surface area contributed by atoms with Crippen LogP contribution in [0.25, 0.3) is 0 Å². The van der Waals surface area contributed by atoms with Gasteiger partial charge in [-0.1, -0.05) is 30.3 Å². The second-order valence-corrected chi connectivity index (χ2v) is 4.16. The van der Waals surface area contributed by atoms with Gasteiger partial charge in [-0.3, -0.25) is 0 Å². The Morgan fingerprint density at radius 3 is 2.41 bits per heavy atom. The van der Waals surface area contributed by atoms with E-state index in [1.807, 2.05) is 24.3 Å².